The van der Waals surface area contributed by atoms with Gasteiger partial charge in [-0.05, 0) is 31.3 Å². The molecule has 6 nitrogen and oxygen atoms in total. The number of nitrogens with zero attached hydrogens (tertiary/aromatic N) is 4. The zero-order valence-corrected chi connectivity index (χ0v) is 14.4. The first-order chi connectivity index (χ1) is 12.7. The molecule has 1 saturated heterocycles. The van der Waals surface area contributed by atoms with Crippen LogP contribution in [0.25, 0.3) is 0 Å². The maximum atomic E-state index is 12.9. The van der Waals surface area contributed by atoms with Crippen LogP contribution in [0.2, 0.25) is 0 Å². The number of hydrogen-bond donors (Lipinski definition) is 1. The molecule has 0 atom stereocenters. The number of nitrogens with one attached hydrogen (secondary N) is 1. The molecule has 0 spiro atoms. The SMILES string of the molecule is CN(CC(=O)Nc1ccc(F)cc1)C1CN(c2cc(C(F)(F)F)ncn2)C1. The van der Waals surface area contributed by atoms with E-state index in [1.165, 1.54) is 24.3 Å². The van der Waals surface area contributed by atoms with Crippen LogP contribution in [0.3, 0.4) is 0 Å². The molecule has 0 saturated carbocycles. The van der Waals surface area contributed by atoms with Crippen LogP contribution in [0, 0.1) is 5.82 Å². The van der Waals surface area contributed by atoms with Gasteiger partial charge >= 0.3 is 6.18 Å². The van der Waals surface area contributed by atoms with Crippen LogP contribution in [0.4, 0.5) is 29.1 Å². The van der Waals surface area contributed by atoms with Crippen molar-refractivity contribution in [3.05, 3.63) is 48.2 Å². The van der Waals surface area contributed by atoms with Gasteiger partial charge in [0.2, 0.25) is 5.91 Å². The summed E-state index contributed by atoms with van der Waals surface area (Å²) in [6.07, 6.45) is -3.62. The Kier molecular flexibility index (Phi) is 5.26. The number of amides is 1. The van der Waals surface area contributed by atoms with Gasteiger partial charge in [-0.15, -0.1) is 0 Å². The van der Waals surface area contributed by atoms with Gasteiger partial charge in [0, 0.05) is 30.9 Å². The second kappa shape index (κ2) is 7.47. The molecule has 1 aliphatic rings. The summed E-state index contributed by atoms with van der Waals surface area (Å²) >= 11 is 0. The highest BCUT2D eigenvalue weighted by atomic mass is 19.4. The Bertz CT molecular complexity index is 806. The van der Waals surface area contributed by atoms with E-state index < -0.39 is 17.7 Å². The van der Waals surface area contributed by atoms with Crippen molar-refractivity contribution >= 4 is 17.4 Å². The summed E-state index contributed by atoms with van der Waals surface area (Å²) in [5.74, 6) is -0.445. The van der Waals surface area contributed by atoms with E-state index >= 15 is 0 Å². The Morgan fingerprint density at radius 2 is 1.93 bits per heavy atom. The molecule has 1 amide bonds. The molecule has 0 radical (unpaired) electrons. The Morgan fingerprint density at radius 1 is 1.26 bits per heavy atom. The predicted molar refractivity (Wildman–Crippen MR) is 90.7 cm³/mol. The Morgan fingerprint density at radius 3 is 2.56 bits per heavy atom. The first-order valence-electron chi connectivity index (χ1n) is 8.12. The number of hydrogen-bond acceptors (Lipinski definition) is 5. The third kappa shape index (κ3) is 4.70. The third-order valence-electron chi connectivity index (χ3n) is 4.27. The normalized spacial score (nSPS) is 15.0. The van der Waals surface area contributed by atoms with Crippen molar-refractivity contribution in [1.29, 1.82) is 0 Å². The van der Waals surface area contributed by atoms with E-state index in [0.29, 0.717) is 18.8 Å². The zero-order chi connectivity index (χ0) is 19.6. The zero-order valence-electron chi connectivity index (χ0n) is 14.4. The van der Waals surface area contributed by atoms with Gasteiger partial charge in [-0.1, -0.05) is 0 Å². The van der Waals surface area contributed by atoms with Crippen molar-refractivity contribution in [3.63, 3.8) is 0 Å². The fourth-order valence-corrected chi connectivity index (χ4v) is 2.69. The highest BCUT2D eigenvalue weighted by molar-refractivity contribution is 5.92. The maximum absolute atomic E-state index is 12.9. The molecule has 1 aliphatic heterocycles. The summed E-state index contributed by atoms with van der Waals surface area (Å²) in [4.78, 5) is 22.7. The fourth-order valence-electron chi connectivity index (χ4n) is 2.69. The van der Waals surface area contributed by atoms with E-state index in [4.69, 9.17) is 0 Å². The summed E-state index contributed by atoms with van der Waals surface area (Å²) in [5.41, 5.74) is -0.492. The second-order valence-corrected chi connectivity index (χ2v) is 6.29. The van der Waals surface area contributed by atoms with Crippen molar-refractivity contribution < 1.29 is 22.4 Å². The van der Waals surface area contributed by atoms with Crippen LogP contribution in [-0.4, -0.2) is 53.5 Å². The first-order valence-corrected chi connectivity index (χ1v) is 8.12. The minimum Gasteiger partial charge on any atom is -0.353 e. The van der Waals surface area contributed by atoms with Gasteiger partial charge in [-0.2, -0.15) is 13.2 Å². The van der Waals surface area contributed by atoms with E-state index in [0.717, 1.165) is 12.4 Å². The third-order valence-corrected chi connectivity index (χ3v) is 4.27. The molecule has 1 aromatic carbocycles. The molecule has 27 heavy (non-hydrogen) atoms. The molecule has 1 N–H and O–H groups in total. The van der Waals surface area contributed by atoms with E-state index in [2.05, 4.69) is 15.3 Å². The number of likely N-dealkylation sites (N-methyl/N-ethyl adjacent to an activating group) is 1. The van der Waals surface area contributed by atoms with Gasteiger partial charge in [0.15, 0.2) is 0 Å². The molecule has 0 bridgehead atoms. The van der Waals surface area contributed by atoms with Crippen LogP contribution < -0.4 is 10.2 Å². The largest absolute Gasteiger partial charge is 0.433 e. The molecule has 3 rings (SSSR count). The number of carbonyl (C=O) groups excluding carboxylic acids is 1. The molecule has 2 aromatic rings. The first kappa shape index (κ1) is 19.0. The van der Waals surface area contributed by atoms with Crippen molar-refractivity contribution in [2.24, 2.45) is 0 Å². The Balaban J connectivity index is 1.50. The second-order valence-electron chi connectivity index (χ2n) is 6.29. The molecular formula is C17H17F4N5O. The molecule has 0 aliphatic carbocycles. The predicted octanol–water partition coefficient (Wildman–Crippen LogP) is 2.39. The Hall–Kier alpha value is -2.75. The molecule has 0 unspecified atom stereocenters. The minimum absolute atomic E-state index is 0.00766. The lowest BCUT2D eigenvalue weighted by Crippen LogP contribution is -2.59. The average Bonchev–Trinajstić information content (AvgIpc) is 2.55. The number of anilines is 2. The van der Waals surface area contributed by atoms with Crippen LogP contribution in [0.15, 0.2) is 36.7 Å². The minimum atomic E-state index is -4.52. The van der Waals surface area contributed by atoms with Crippen LogP contribution in [0.1, 0.15) is 5.69 Å². The van der Waals surface area contributed by atoms with Gasteiger partial charge in [0.05, 0.1) is 6.54 Å². The number of rotatable bonds is 5. The maximum Gasteiger partial charge on any atom is 0.433 e. The van der Waals surface area contributed by atoms with Gasteiger partial charge in [0.1, 0.15) is 23.7 Å². The highest BCUT2D eigenvalue weighted by Gasteiger charge is 2.36. The number of carbonyl (C=O) groups is 1. The quantitative estimate of drug-likeness (QED) is 0.804. The van der Waals surface area contributed by atoms with Gasteiger partial charge in [-0.25, -0.2) is 14.4 Å². The van der Waals surface area contributed by atoms with Crippen molar-refractivity contribution in [3.8, 4) is 0 Å². The standard InChI is InChI=1S/C17H17F4N5O/c1-25(9-16(27)24-12-4-2-11(18)3-5-12)13-7-26(8-13)15-6-14(17(19,20)21)22-10-23-15/h2-6,10,13H,7-9H2,1H3,(H,24,27). The number of benzene rings is 1. The van der Waals surface area contributed by atoms with Crippen molar-refractivity contribution in [2.75, 3.05) is 36.9 Å². The van der Waals surface area contributed by atoms with E-state index in [-0.39, 0.29) is 24.3 Å². The van der Waals surface area contributed by atoms with E-state index in [9.17, 15) is 22.4 Å². The summed E-state index contributed by atoms with van der Waals surface area (Å²) < 4.78 is 51.0. The summed E-state index contributed by atoms with van der Waals surface area (Å²) in [5, 5.41) is 2.66. The monoisotopic (exact) mass is 383 g/mol. The fraction of sp³-hybridized carbons (Fsp3) is 0.353. The number of aromatic nitrogens is 2. The highest BCUT2D eigenvalue weighted by Crippen LogP contribution is 2.30. The lowest BCUT2D eigenvalue weighted by Gasteiger charge is -2.44. The van der Waals surface area contributed by atoms with Crippen molar-refractivity contribution in [2.45, 2.75) is 12.2 Å². The lowest BCUT2D eigenvalue weighted by molar-refractivity contribution is -0.141. The summed E-state index contributed by atoms with van der Waals surface area (Å²) in [6.45, 7) is 1.01. The van der Waals surface area contributed by atoms with Crippen LogP contribution in [-0.2, 0) is 11.0 Å². The summed E-state index contributed by atoms with van der Waals surface area (Å²) in [7, 11) is 1.76. The van der Waals surface area contributed by atoms with Crippen molar-refractivity contribution in [1.82, 2.24) is 14.9 Å². The molecular weight excluding hydrogens is 366 g/mol. The topological polar surface area (TPSA) is 61.4 Å². The molecule has 1 aromatic heterocycles. The summed E-state index contributed by atoms with van der Waals surface area (Å²) in [6, 6.07) is 6.35. The molecule has 10 heteroatoms. The smallest absolute Gasteiger partial charge is 0.353 e. The van der Waals surface area contributed by atoms with Crippen LogP contribution >= 0.6 is 0 Å². The number of alkyl halides is 3. The molecule has 2 heterocycles. The van der Waals surface area contributed by atoms with Crippen LogP contribution in [0.5, 0.6) is 0 Å². The number of halogens is 4. The van der Waals surface area contributed by atoms with Gasteiger partial charge in [-0.3, -0.25) is 9.69 Å². The molecule has 1 fully saturated rings. The lowest BCUT2D eigenvalue weighted by atomic mass is 10.1. The molecule has 144 valence electrons. The van der Waals surface area contributed by atoms with Gasteiger partial charge < -0.3 is 10.2 Å². The average molecular weight is 383 g/mol. The van der Waals surface area contributed by atoms with Gasteiger partial charge in [0.25, 0.3) is 0 Å². The Labute approximate surface area is 152 Å². The van der Waals surface area contributed by atoms with E-state index in [1.54, 1.807) is 16.8 Å². The van der Waals surface area contributed by atoms with E-state index in [1.807, 2.05) is 0 Å².